The number of nitrogens with zero attached hydrogens (tertiary/aromatic N) is 3. The lowest BCUT2D eigenvalue weighted by Crippen LogP contribution is -2.23. The van der Waals surface area contributed by atoms with Crippen LogP contribution in [0.2, 0.25) is 0 Å². The first kappa shape index (κ1) is 23.5. The van der Waals surface area contributed by atoms with E-state index >= 15 is 0 Å². The Hall–Kier alpha value is -3.65. The molecule has 2 aromatic carbocycles. The molecule has 7 nitrogen and oxygen atoms in total. The van der Waals surface area contributed by atoms with Gasteiger partial charge in [-0.3, -0.25) is 4.79 Å². The van der Waals surface area contributed by atoms with Crippen molar-refractivity contribution in [2.75, 3.05) is 20.8 Å². The van der Waals surface area contributed by atoms with Crippen LogP contribution in [-0.2, 0) is 0 Å². The Kier molecular flexibility index (Phi) is 7.59. The van der Waals surface area contributed by atoms with Crippen molar-refractivity contribution in [2.24, 2.45) is 0 Å². The Bertz CT molecular complexity index is 1410. The fourth-order valence-corrected chi connectivity index (χ4v) is 4.36. The summed E-state index contributed by atoms with van der Waals surface area (Å²) < 4.78 is 18.4. The fraction of sp³-hybridized carbons (Fsp3) is 0.269. The molecule has 0 amide bonds. The SMILES string of the molecule is CCCCCOc1ccccc1/C=c1\sc2nc(/C=C/c3ccc(OC)c(OC)c3)nn2c1=O. The van der Waals surface area contributed by atoms with Gasteiger partial charge in [-0.1, -0.05) is 61.4 Å². The van der Waals surface area contributed by atoms with Crippen LogP contribution in [0.5, 0.6) is 17.2 Å². The first-order chi connectivity index (χ1) is 16.6. The van der Waals surface area contributed by atoms with Crippen molar-refractivity contribution in [3.8, 4) is 17.2 Å². The summed E-state index contributed by atoms with van der Waals surface area (Å²) in [7, 11) is 3.19. The third kappa shape index (κ3) is 5.28. The van der Waals surface area contributed by atoms with E-state index in [2.05, 4.69) is 17.0 Å². The van der Waals surface area contributed by atoms with Gasteiger partial charge in [0.15, 0.2) is 17.3 Å². The molecule has 0 fully saturated rings. The summed E-state index contributed by atoms with van der Waals surface area (Å²) in [6.07, 6.45) is 8.76. The van der Waals surface area contributed by atoms with E-state index in [9.17, 15) is 4.79 Å². The number of ether oxygens (including phenoxy) is 3. The summed E-state index contributed by atoms with van der Waals surface area (Å²) in [6.45, 7) is 2.82. The van der Waals surface area contributed by atoms with Crippen molar-refractivity contribution in [3.05, 3.63) is 74.3 Å². The van der Waals surface area contributed by atoms with E-state index in [4.69, 9.17) is 14.2 Å². The molecule has 176 valence electrons. The molecule has 0 atom stereocenters. The molecule has 0 unspecified atom stereocenters. The van der Waals surface area contributed by atoms with Crippen LogP contribution in [-0.4, -0.2) is 35.4 Å². The van der Waals surface area contributed by atoms with Crippen LogP contribution in [0.3, 0.4) is 0 Å². The maximum absolute atomic E-state index is 12.9. The fourth-order valence-electron chi connectivity index (χ4n) is 3.45. The van der Waals surface area contributed by atoms with Gasteiger partial charge in [0.1, 0.15) is 5.75 Å². The highest BCUT2D eigenvalue weighted by Gasteiger charge is 2.10. The monoisotopic (exact) mass is 477 g/mol. The smallest absolute Gasteiger partial charge is 0.291 e. The zero-order valence-corrected chi connectivity index (χ0v) is 20.3. The molecular weight excluding hydrogens is 450 g/mol. The number of rotatable bonds is 10. The molecule has 8 heteroatoms. The Morgan fingerprint density at radius 2 is 1.82 bits per heavy atom. The number of methoxy groups -OCH3 is 2. The summed E-state index contributed by atoms with van der Waals surface area (Å²) in [5.41, 5.74) is 1.58. The van der Waals surface area contributed by atoms with Gasteiger partial charge in [-0.05, 0) is 42.3 Å². The van der Waals surface area contributed by atoms with E-state index < -0.39 is 0 Å². The van der Waals surface area contributed by atoms with Crippen LogP contribution in [0.1, 0.15) is 43.1 Å². The van der Waals surface area contributed by atoms with Gasteiger partial charge in [0.2, 0.25) is 4.96 Å². The molecule has 0 N–H and O–H groups in total. The van der Waals surface area contributed by atoms with Gasteiger partial charge in [0.25, 0.3) is 5.56 Å². The van der Waals surface area contributed by atoms with Crippen molar-refractivity contribution in [3.63, 3.8) is 0 Å². The van der Waals surface area contributed by atoms with Crippen LogP contribution in [0.15, 0.2) is 47.3 Å². The molecule has 0 aliphatic heterocycles. The molecule has 2 heterocycles. The highest BCUT2D eigenvalue weighted by atomic mass is 32.1. The molecule has 4 rings (SSSR count). The summed E-state index contributed by atoms with van der Waals surface area (Å²) >= 11 is 1.31. The van der Waals surface area contributed by atoms with Crippen molar-refractivity contribution >= 4 is 34.5 Å². The highest BCUT2D eigenvalue weighted by Crippen LogP contribution is 2.28. The molecule has 0 bridgehead atoms. The van der Waals surface area contributed by atoms with Crippen molar-refractivity contribution < 1.29 is 14.2 Å². The van der Waals surface area contributed by atoms with Crippen LogP contribution in [0.25, 0.3) is 23.2 Å². The Balaban J connectivity index is 1.57. The Morgan fingerprint density at radius 1 is 1.00 bits per heavy atom. The average molecular weight is 478 g/mol. The summed E-state index contributed by atoms with van der Waals surface area (Å²) in [4.78, 5) is 18.0. The predicted molar refractivity (Wildman–Crippen MR) is 136 cm³/mol. The minimum Gasteiger partial charge on any atom is -0.493 e. The van der Waals surface area contributed by atoms with Gasteiger partial charge in [-0.2, -0.15) is 9.50 Å². The summed E-state index contributed by atoms with van der Waals surface area (Å²) in [6, 6.07) is 13.3. The molecular formula is C26H27N3O4S. The molecule has 0 spiro atoms. The normalized spacial score (nSPS) is 12.0. The summed E-state index contributed by atoms with van der Waals surface area (Å²) in [5, 5.41) is 4.37. The molecule has 0 aliphatic rings. The first-order valence-corrected chi connectivity index (χ1v) is 12.0. The Labute approximate surface area is 201 Å². The van der Waals surface area contributed by atoms with Crippen molar-refractivity contribution in [2.45, 2.75) is 26.2 Å². The molecule has 0 saturated heterocycles. The molecule has 0 aliphatic carbocycles. The van der Waals surface area contributed by atoms with E-state index in [-0.39, 0.29) is 5.56 Å². The lowest BCUT2D eigenvalue weighted by atomic mass is 10.2. The van der Waals surface area contributed by atoms with Crippen LogP contribution in [0.4, 0.5) is 0 Å². The number of aromatic nitrogens is 3. The van der Waals surface area contributed by atoms with Crippen molar-refractivity contribution in [1.29, 1.82) is 0 Å². The average Bonchev–Trinajstić information content (AvgIpc) is 3.39. The largest absolute Gasteiger partial charge is 0.493 e. The van der Waals surface area contributed by atoms with Gasteiger partial charge in [-0.25, -0.2) is 0 Å². The number of thiazole rings is 1. The number of hydrogen-bond acceptors (Lipinski definition) is 7. The maximum atomic E-state index is 12.9. The number of fused-ring (bicyclic) bond motifs is 1. The van der Waals surface area contributed by atoms with Gasteiger partial charge in [-0.15, -0.1) is 5.10 Å². The zero-order chi connectivity index (χ0) is 23.9. The second-order valence-electron chi connectivity index (χ2n) is 7.62. The quantitative estimate of drug-likeness (QED) is 0.314. The van der Waals surface area contributed by atoms with E-state index in [1.165, 1.54) is 15.9 Å². The standard InChI is InChI=1S/C26H27N3O4S/c1-4-5-8-15-33-20-10-7-6-9-19(20)17-23-25(30)29-26(34-23)27-24(28-29)14-12-18-11-13-21(31-2)22(16-18)32-3/h6-7,9-14,16-17H,4-5,8,15H2,1-3H3/b14-12+,23-17-. The number of para-hydroxylation sites is 1. The van der Waals surface area contributed by atoms with E-state index in [1.807, 2.05) is 54.6 Å². The van der Waals surface area contributed by atoms with Crippen LogP contribution in [0, 0.1) is 0 Å². The van der Waals surface area contributed by atoms with E-state index in [1.54, 1.807) is 20.3 Å². The third-order valence-electron chi connectivity index (χ3n) is 5.24. The van der Waals surface area contributed by atoms with Crippen LogP contribution >= 0.6 is 11.3 Å². The second-order valence-corrected chi connectivity index (χ2v) is 8.63. The Morgan fingerprint density at radius 3 is 2.59 bits per heavy atom. The number of hydrogen-bond donors (Lipinski definition) is 0. The maximum Gasteiger partial charge on any atom is 0.291 e. The van der Waals surface area contributed by atoms with Crippen molar-refractivity contribution in [1.82, 2.24) is 14.6 Å². The minimum atomic E-state index is -0.195. The molecule has 34 heavy (non-hydrogen) atoms. The number of unbranched alkanes of at least 4 members (excludes halogenated alkanes) is 2. The molecule has 0 saturated carbocycles. The topological polar surface area (TPSA) is 74.9 Å². The third-order valence-corrected chi connectivity index (χ3v) is 6.20. The van der Waals surface area contributed by atoms with Gasteiger partial charge in [0.05, 0.1) is 25.4 Å². The van der Waals surface area contributed by atoms with Gasteiger partial charge in [0, 0.05) is 5.56 Å². The molecule has 4 aromatic rings. The summed E-state index contributed by atoms with van der Waals surface area (Å²) in [5.74, 6) is 2.54. The lowest BCUT2D eigenvalue weighted by molar-refractivity contribution is 0.305. The highest BCUT2D eigenvalue weighted by molar-refractivity contribution is 7.15. The molecule has 2 aromatic heterocycles. The zero-order valence-electron chi connectivity index (χ0n) is 19.5. The van der Waals surface area contributed by atoms with E-state index in [0.29, 0.717) is 33.4 Å². The van der Waals surface area contributed by atoms with E-state index in [0.717, 1.165) is 36.1 Å². The second kappa shape index (κ2) is 11.0. The molecule has 0 radical (unpaired) electrons. The predicted octanol–water partition coefficient (Wildman–Crippen LogP) is 4.46. The lowest BCUT2D eigenvalue weighted by Gasteiger charge is -2.08. The van der Waals surface area contributed by atoms with Crippen LogP contribution < -0.4 is 24.3 Å². The minimum absolute atomic E-state index is 0.195. The number of benzene rings is 2. The first-order valence-electron chi connectivity index (χ1n) is 11.2. The van der Waals surface area contributed by atoms with Gasteiger partial charge >= 0.3 is 0 Å². The van der Waals surface area contributed by atoms with Gasteiger partial charge < -0.3 is 14.2 Å².